The summed E-state index contributed by atoms with van der Waals surface area (Å²) in [6.45, 7) is 0. The Bertz CT molecular complexity index is 993. The summed E-state index contributed by atoms with van der Waals surface area (Å²) in [6, 6.07) is 5.93. The molecule has 0 atom stereocenters. The van der Waals surface area contributed by atoms with Crippen molar-refractivity contribution in [2.24, 2.45) is 4.99 Å². The largest absolute Gasteiger partial charge is 0.496 e. The lowest BCUT2D eigenvalue weighted by atomic mass is 10.0. The molecule has 0 aliphatic heterocycles. The van der Waals surface area contributed by atoms with Gasteiger partial charge in [-0.05, 0) is 55.4 Å². The molecule has 0 spiro atoms. The summed E-state index contributed by atoms with van der Waals surface area (Å²) >= 11 is 0. The van der Waals surface area contributed by atoms with Crippen LogP contribution in [-0.2, 0) is 12.8 Å². The van der Waals surface area contributed by atoms with Crippen molar-refractivity contribution in [1.29, 1.82) is 5.26 Å². The van der Waals surface area contributed by atoms with E-state index in [0.717, 1.165) is 44.9 Å². The number of hydrogen-bond acceptors (Lipinski definition) is 6. The number of nitrogen functional groups attached to an aromatic ring is 1. The molecule has 7 nitrogen and oxygen atoms in total. The number of fused-ring (bicyclic) bond motifs is 1. The van der Waals surface area contributed by atoms with Gasteiger partial charge in [0.2, 0.25) is 5.78 Å². The number of nitrogens with two attached hydrogens (primary N) is 1. The molecule has 0 radical (unpaired) electrons. The van der Waals surface area contributed by atoms with Gasteiger partial charge in [0.05, 0.1) is 24.9 Å². The second kappa shape index (κ2) is 7.47. The molecule has 1 aromatic carbocycles. The van der Waals surface area contributed by atoms with E-state index in [4.69, 9.17) is 15.5 Å². The number of aliphatic imine (C=N–C) groups is 1. The monoisotopic (exact) mass is 377 g/mol. The number of nitrogens with zero attached hydrogens (tertiary/aromatic N) is 4. The average molecular weight is 377 g/mol. The molecule has 28 heavy (non-hydrogen) atoms. The van der Waals surface area contributed by atoms with Gasteiger partial charge in [-0.1, -0.05) is 12.8 Å². The molecule has 0 bridgehead atoms. The molecule has 1 saturated carbocycles. The fourth-order valence-electron chi connectivity index (χ4n) is 4.10. The third-order valence-electron chi connectivity index (χ3n) is 5.62. The first-order chi connectivity index (χ1) is 13.6. The maximum Gasteiger partial charge on any atom is 0.233 e. The Hall–Kier alpha value is -3.14. The van der Waals surface area contributed by atoms with Crippen molar-refractivity contribution in [3.8, 4) is 11.8 Å². The van der Waals surface area contributed by atoms with Crippen molar-refractivity contribution in [1.82, 2.24) is 9.78 Å². The third-order valence-corrected chi connectivity index (χ3v) is 5.62. The van der Waals surface area contributed by atoms with Crippen LogP contribution >= 0.6 is 0 Å². The van der Waals surface area contributed by atoms with Crippen LogP contribution in [-0.4, -0.2) is 34.6 Å². The van der Waals surface area contributed by atoms with Gasteiger partial charge < -0.3 is 10.5 Å². The van der Waals surface area contributed by atoms with Crippen LogP contribution in [0.3, 0.4) is 0 Å². The normalized spacial score (nSPS) is 16.8. The summed E-state index contributed by atoms with van der Waals surface area (Å²) < 4.78 is 6.81. The summed E-state index contributed by atoms with van der Waals surface area (Å²) in [5.41, 5.74) is 9.18. The number of rotatable bonds is 4. The number of anilines is 1. The van der Waals surface area contributed by atoms with Crippen LogP contribution in [0.2, 0.25) is 0 Å². The fraction of sp³-hybridized carbons (Fsp3) is 0.429. The van der Waals surface area contributed by atoms with Crippen molar-refractivity contribution < 1.29 is 9.53 Å². The minimum Gasteiger partial charge on any atom is -0.496 e. The van der Waals surface area contributed by atoms with E-state index in [-0.39, 0.29) is 29.0 Å². The quantitative estimate of drug-likeness (QED) is 0.501. The number of aryl methyl sites for hydroxylation is 2. The van der Waals surface area contributed by atoms with Crippen LogP contribution in [0, 0.1) is 11.3 Å². The van der Waals surface area contributed by atoms with E-state index in [1.807, 2.05) is 18.2 Å². The molecule has 0 unspecified atom stereocenters. The van der Waals surface area contributed by atoms with Gasteiger partial charge in [-0.2, -0.15) is 15.0 Å². The number of ether oxygens (including phenoxy) is 1. The molecule has 7 heteroatoms. The van der Waals surface area contributed by atoms with E-state index < -0.39 is 0 Å². The lowest BCUT2D eigenvalue weighted by Crippen LogP contribution is -2.28. The Balaban J connectivity index is 1.82. The summed E-state index contributed by atoms with van der Waals surface area (Å²) in [6.07, 6.45) is 8.46. The first kappa shape index (κ1) is 18.2. The highest BCUT2D eigenvalue weighted by Crippen LogP contribution is 2.31. The van der Waals surface area contributed by atoms with Crippen LogP contribution in [0.25, 0.3) is 0 Å². The zero-order valence-electron chi connectivity index (χ0n) is 15.9. The van der Waals surface area contributed by atoms with Crippen molar-refractivity contribution >= 4 is 17.4 Å². The van der Waals surface area contributed by atoms with Crippen LogP contribution in [0.15, 0.2) is 23.3 Å². The molecule has 1 aromatic heterocycles. The van der Waals surface area contributed by atoms with Crippen molar-refractivity contribution in [3.05, 3.63) is 40.6 Å². The second-order valence-corrected chi connectivity index (χ2v) is 7.36. The Morgan fingerprint density at radius 3 is 2.64 bits per heavy atom. The fourth-order valence-corrected chi connectivity index (χ4v) is 4.10. The number of ketones is 1. The van der Waals surface area contributed by atoms with Gasteiger partial charge in [0.25, 0.3) is 0 Å². The van der Waals surface area contributed by atoms with Gasteiger partial charge in [0.15, 0.2) is 5.84 Å². The number of hydrogen-bond donors (Lipinski definition) is 1. The Kier molecular flexibility index (Phi) is 4.86. The summed E-state index contributed by atoms with van der Waals surface area (Å²) in [4.78, 5) is 18.3. The standard InChI is InChI=1S/C21H23N5O2/c1-28-18-10-14-6-4-5-13(14)9-17(18)19(27)21(25-16-7-2-3-8-16)26-20(23)15(11-22)12-24-26/h9-10,12,16H,2-8,23H2,1H3/b25-21-. The molecule has 2 aliphatic carbocycles. The smallest absolute Gasteiger partial charge is 0.233 e. The molecule has 1 heterocycles. The van der Waals surface area contributed by atoms with Gasteiger partial charge in [-0.3, -0.25) is 9.79 Å². The Morgan fingerprint density at radius 2 is 2.00 bits per heavy atom. The van der Waals surface area contributed by atoms with E-state index in [1.54, 1.807) is 7.11 Å². The molecular formula is C21H23N5O2. The van der Waals surface area contributed by atoms with Gasteiger partial charge in [-0.25, -0.2) is 0 Å². The number of Topliss-reactive ketones (excluding diaryl/α,β-unsaturated/α-hetero) is 1. The molecule has 0 amide bonds. The molecule has 2 aromatic rings. The van der Waals surface area contributed by atoms with E-state index >= 15 is 0 Å². The van der Waals surface area contributed by atoms with Gasteiger partial charge in [0.1, 0.15) is 23.2 Å². The van der Waals surface area contributed by atoms with E-state index in [1.165, 1.54) is 22.0 Å². The second-order valence-electron chi connectivity index (χ2n) is 7.36. The van der Waals surface area contributed by atoms with Crippen LogP contribution < -0.4 is 10.5 Å². The van der Waals surface area contributed by atoms with Crippen molar-refractivity contribution in [2.75, 3.05) is 12.8 Å². The topological polar surface area (TPSA) is 106 Å². The lowest BCUT2D eigenvalue weighted by Gasteiger charge is -2.14. The molecule has 144 valence electrons. The van der Waals surface area contributed by atoms with E-state index in [9.17, 15) is 10.1 Å². The van der Waals surface area contributed by atoms with Crippen LogP contribution in [0.4, 0.5) is 5.82 Å². The van der Waals surface area contributed by atoms with Crippen molar-refractivity contribution in [3.63, 3.8) is 0 Å². The third kappa shape index (κ3) is 3.15. The molecule has 4 rings (SSSR count). The van der Waals surface area contributed by atoms with Gasteiger partial charge in [-0.15, -0.1) is 0 Å². The predicted octanol–water partition coefficient (Wildman–Crippen LogP) is 2.91. The number of aromatic nitrogens is 2. The highest BCUT2D eigenvalue weighted by Gasteiger charge is 2.27. The van der Waals surface area contributed by atoms with E-state index in [0.29, 0.717) is 11.3 Å². The van der Waals surface area contributed by atoms with E-state index in [2.05, 4.69) is 5.10 Å². The lowest BCUT2D eigenvalue weighted by molar-refractivity contribution is 0.105. The average Bonchev–Trinajstić information content (AvgIpc) is 3.45. The minimum atomic E-state index is -0.280. The zero-order chi connectivity index (χ0) is 19.7. The number of nitriles is 1. The number of benzene rings is 1. The Labute approximate surface area is 163 Å². The molecule has 0 saturated heterocycles. The first-order valence-corrected chi connectivity index (χ1v) is 9.68. The zero-order valence-corrected chi connectivity index (χ0v) is 15.9. The molecule has 1 fully saturated rings. The Morgan fingerprint density at radius 1 is 1.29 bits per heavy atom. The summed E-state index contributed by atoms with van der Waals surface area (Å²) in [7, 11) is 1.57. The number of methoxy groups -OCH3 is 1. The molecule has 2 N–H and O–H groups in total. The van der Waals surface area contributed by atoms with Crippen LogP contribution in [0.5, 0.6) is 5.75 Å². The van der Waals surface area contributed by atoms with Crippen molar-refractivity contribution in [2.45, 2.75) is 51.0 Å². The highest BCUT2D eigenvalue weighted by molar-refractivity contribution is 6.46. The molecule has 2 aliphatic rings. The number of carbonyl (C=O) groups is 1. The summed E-state index contributed by atoms with van der Waals surface area (Å²) in [5.74, 6) is 0.545. The van der Waals surface area contributed by atoms with Crippen LogP contribution in [0.1, 0.15) is 59.2 Å². The maximum absolute atomic E-state index is 13.6. The maximum atomic E-state index is 13.6. The highest BCUT2D eigenvalue weighted by atomic mass is 16.5. The van der Waals surface area contributed by atoms with Gasteiger partial charge in [0, 0.05) is 0 Å². The predicted molar refractivity (Wildman–Crippen MR) is 106 cm³/mol. The minimum absolute atomic E-state index is 0.0634. The summed E-state index contributed by atoms with van der Waals surface area (Å²) in [5, 5.41) is 13.4. The first-order valence-electron chi connectivity index (χ1n) is 9.68. The van der Waals surface area contributed by atoms with Gasteiger partial charge >= 0.3 is 0 Å². The number of carbonyl (C=O) groups excluding carboxylic acids is 1. The molecular weight excluding hydrogens is 354 g/mol. The SMILES string of the molecule is COc1cc2c(cc1C(=O)/C(=N/C1CCCC1)n1ncc(C#N)c1N)CCC2.